The molecule has 1 amide bonds. The summed E-state index contributed by atoms with van der Waals surface area (Å²) in [6, 6.07) is 8.91. The Morgan fingerprint density at radius 3 is 3.00 bits per heavy atom. The lowest BCUT2D eigenvalue weighted by atomic mass is 9.96. The van der Waals surface area contributed by atoms with Gasteiger partial charge in [-0.05, 0) is 37.9 Å². The molecule has 110 valence electrons. The van der Waals surface area contributed by atoms with E-state index in [2.05, 4.69) is 29.7 Å². The molecule has 2 aliphatic rings. The average molecular weight is 313 g/mol. The van der Waals surface area contributed by atoms with Crippen molar-refractivity contribution in [1.82, 2.24) is 10.6 Å². The van der Waals surface area contributed by atoms with Gasteiger partial charge >= 0.3 is 0 Å². The fourth-order valence-corrected chi connectivity index (χ4v) is 4.13. The average Bonchev–Trinajstić information content (AvgIpc) is 2.85. The maximum absolute atomic E-state index is 12.5. The molecular formula is C15H21ClN2OS. The molecule has 1 aromatic carbocycles. The van der Waals surface area contributed by atoms with Gasteiger partial charge in [0.2, 0.25) is 5.91 Å². The van der Waals surface area contributed by atoms with Gasteiger partial charge in [-0.25, -0.2) is 0 Å². The van der Waals surface area contributed by atoms with Crippen molar-refractivity contribution in [1.29, 1.82) is 0 Å². The lowest BCUT2D eigenvalue weighted by molar-refractivity contribution is -0.123. The second-order valence-corrected chi connectivity index (χ2v) is 6.46. The van der Waals surface area contributed by atoms with Gasteiger partial charge in [-0.15, -0.1) is 24.2 Å². The minimum atomic E-state index is 0. The number of fused-ring (bicyclic) bond motifs is 1. The molecule has 0 aromatic heterocycles. The van der Waals surface area contributed by atoms with E-state index < -0.39 is 0 Å². The fourth-order valence-electron chi connectivity index (χ4n) is 2.90. The molecule has 0 spiro atoms. The standard InChI is InChI=1S/C15H20N2OS.ClH/c1-10-13(6-4-8-16-10)17-15(18)12-9-19-14-7-3-2-5-11(12)14;/h2-3,5,7,10,12-13,16H,4,6,8-9H2,1H3,(H,17,18);1H. The van der Waals surface area contributed by atoms with Gasteiger partial charge in [-0.1, -0.05) is 18.2 Å². The number of halogens is 1. The van der Waals surface area contributed by atoms with Crippen LogP contribution in [0.15, 0.2) is 29.2 Å². The topological polar surface area (TPSA) is 41.1 Å². The molecule has 20 heavy (non-hydrogen) atoms. The van der Waals surface area contributed by atoms with Gasteiger partial charge in [0.05, 0.1) is 5.92 Å². The maximum Gasteiger partial charge on any atom is 0.228 e. The van der Waals surface area contributed by atoms with E-state index in [1.807, 2.05) is 12.1 Å². The lowest BCUT2D eigenvalue weighted by Gasteiger charge is -2.31. The number of hydrogen-bond donors (Lipinski definition) is 2. The Bertz CT molecular complexity index is 483. The predicted octanol–water partition coefficient (Wildman–Crippen LogP) is 2.55. The highest BCUT2D eigenvalue weighted by Crippen LogP contribution is 2.39. The van der Waals surface area contributed by atoms with Gasteiger partial charge in [0.15, 0.2) is 0 Å². The third-order valence-electron chi connectivity index (χ3n) is 4.11. The summed E-state index contributed by atoms with van der Waals surface area (Å²) in [5.41, 5.74) is 1.20. The third-order valence-corrected chi connectivity index (χ3v) is 5.29. The van der Waals surface area contributed by atoms with E-state index in [0.717, 1.165) is 25.1 Å². The molecule has 0 saturated carbocycles. The molecule has 2 aliphatic heterocycles. The molecule has 3 nitrogen and oxygen atoms in total. The zero-order valence-corrected chi connectivity index (χ0v) is 13.2. The van der Waals surface area contributed by atoms with Crippen LogP contribution in [-0.2, 0) is 4.79 Å². The molecule has 5 heteroatoms. The van der Waals surface area contributed by atoms with Crippen molar-refractivity contribution in [3.63, 3.8) is 0 Å². The first-order valence-corrected chi connectivity index (χ1v) is 8.00. The Morgan fingerprint density at radius 1 is 1.40 bits per heavy atom. The zero-order valence-electron chi connectivity index (χ0n) is 11.6. The Hall–Kier alpha value is -0.710. The summed E-state index contributed by atoms with van der Waals surface area (Å²) < 4.78 is 0. The number of rotatable bonds is 2. The van der Waals surface area contributed by atoms with Crippen LogP contribution in [-0.4, -0.2) is 30.3 Å². The van der Waals surface area contributed by atoms with Crippen LogP contribution in [0.2, 0.25) is 0 Å². The number of thioether (sulfide) groups is 1. The van der Waals surface area contributed by atoms with Crippen molar-refractivity contribution in [2.45, 2.75) is 42.7 Å². The first-order valence-electron chi connectivity index (χ1n) is 7.01. The van der Waals surface area contributed by atoms with Gasteiger partial charge in [0, 0.05) is 22.7 Å². The highest BCUT2D eigenvalue weighted by molar-refractivity contribution is 7.99. The summed E-state index contributed by atoms with van der Waals surface area (Å²) in [5.74, 6) is 1.09. The summed E-state index contributed by atoms with van der Waals surface area (Å²) in [4.78, 5) is 13.7. The second-order valence-electron chi connectivity index (χ2n) is 5.40. The monoisotopic (exact) mass is 312 g/mol. The minimum absolute atomic E-state index is 0. The van der Waals surface area contributed by atoms with Gasteiger partial charge in [-0.2, -0.15) is 0 Å². The first kappa shape index (κ1) is 15.7. The van der Waals surface area contributed by atoms with E-state index in [-0.39, 0.29) is 30.3 Å². The van der Waals surface area contributed by atoms with E-state index in [1.54, 1.807) is 11.8 Å². The number of piperidine rings is 1. The Balaban J connectivity index is 0.00000147. The van der Waals surface area contributed by atoms with Gasteiger partial charge in [0.25, 0.3) is 0 Å². The fraction of sp³-hybridized carbons (Fsp3) is 0.533. The highest BCUT2D eigenvalue weighted by atomic mass is 35.5. The summed E-state index contributed by atoms with van der Waals surface area (Å²) in [6.07, 6.45) is 2.23. The van der Waals surface area contributed by atoms with Crippen LogP contribution in [0.1, 0.15) is 31.2 Å². The third kappa shape index (κ3) is 3.13. The van der Waals surface area contributed by atoms with Crippen LogP contribution in [0.25, 0.3) is 0 Å². The molecule has 3 rings (SSSR count). The van der Waals surface area contributed by atoms with Crippen molar-refractivity contribution in [2.75, 3.05) is 12.3 Å². The Morgan fingerprint density at radius 2 is 2.20 bits per heavy atom. The molecule has 1 aromatic rings. The van der Waals surface area contributed by atoms with Gasteiger partial charge < -0.3 is 10.6 Å². The van der Waals surface area contributed by atoms with E-state index in [9.17, 15) is 4.79 Å². The van der Waals surface area contributed by atoms with Crippen LogP contribution in [0.5, 0.6) is 0 Å². The number of nitrogens with one attached hydrogen (secondary N) is 2. The van der Waals surface area contributed by atoms with E-state index in [4.69, 9.17) is 0 Å². The van der Waals surface area contributed by atoms with Crippen LogP contribution in [0.4, 0.5) is 0 Å². The van der Waals surface area contributed by atoms with Crippen LogP contribution in [0.3, 0.4) is 0 Å². The summed E-state index contributed by atoms with van der Waals surface area (Å²) in [7, 11) is 0. The normalized spacial score (nSPS) is 28.4. The summed E-state index contributed by atoms with van der Waals surface area (Å²) in [5, 5.41) is 6.66. The largest absolute Gasteiger partial charge is 0.351 e. The Labute approximate surface area is 130 Å². The maximum atomic E-state index is 12.5. The zero-order chi connectivity index (χ0) is 13.2. The quantitative estimate of drug-likeness (QED) is 0.882. The summed E-state index contributed by atoms with van der Waals surface area (Å²) >= 11 is 1.79. The van der Waals surface area contributed by atoms with E-state index in [0.29, 0.717) is 6.04 Å². The van der Waals surface area contributed by atoms with Crippen LogP contribution >= 0.6 is 24.2 Å². The van der Waals surface area contributed by atoms with E-state index >= 15 is 0 Å². The molecule has 2 N–H and O–H groups in total. The molecule has 3 unspecified atom stereocenters. The van der Waals surface area contributed by atoms with Crippen molar-refractivity contribution in [3.05, 3.63) is 29.8 Å². The Kier molecular flexibility index (Phi) is 5.35. The smallest absolute Gasteiger partial charge is 0.228 e. The molecule has 3 atom stereocenters. The van der Waals surface area contributed by atoms with Crippen molar-refractivity contribution in [2.24, 2.45) is 0 Å². The number of benzene rings is 1. The number of amides is 1. The van der Waals surface area contributed by atoms with Crippen LogP contribution < -0.4 is 10.6 Å². The molecule has 2 heterocycles. The predicted molar refractivity (Wildman–Crippen MR) is 85.8 cm³/mol. The van der Waals surface area contributed by atoms with E-state index in [1.165, 1.54) is 10.5 Å². The highest BCUT2D eigenvalue weighted by Gasteiger charge is 2.31. The molecule has 1 fully saturated rings. The summed E-state index contributed by atoms with van der Waals surface area (Å²) in [6.45, 7) is 3.22. The first-order chi connectivity index (χ1) is 9.25. The number of carbonyl (C=O) groups is 1. The second kappa shape index (κ2) is 6.83. The minimum Gasteiger partial charge on any atom is -0.351 e. The molecule has 0 aliphatic carbocycles. The SMILES string of the molecule is CC1NCCCC1NC(=O)C1CSc2ccccc21.Cl. The van der Waals surface area contributed by atoms with Crippen molar-refractivity contribution >= 4 is 30.1 Å². The van der Waals surface area contributed by atoms with Crippen molar-refractivity contribution < 1.29 is 4.79 Å². The molecule has 1 saturated heterocycles. The van der Waals surface area contributed by atoms with Gasteiger partial charge in [0.1, 0.15) is 0 Å². The number of carbonyl (C=O) groups excluding carboxylic acids is 1. The molecular weight excluding hydrogens is 292 g/mol. The molecule has 0 bridgehead atoms. The van der Waals surface area contributed by atoms with Crippen LogP contribution in [0, 0.1) is 0 Å². The van der Waals surface area contributed by atoms with Crippen molar-refractivity contribution in [3.8, 4) is 0 Å². The molecule has 0 radical (unpaired) electrons. The van der Waals surface area contributed by atoms with Gasteiger partial charge in [-0.3, -0.25) is 4.79 Å². The number of hydrogen-bond acceptors (Lipinski definition) is 3. The lowest BCUT2D eigenvalue weighted by Crippen LogP contribution is -2.52.